The average molecular weight is 527 g/mol. The lowest BCUT2D eigenvalue weighted by atomic mass is 10.2. The van der Waals surface area contributed by atoms with E-state index in [-0.39, 0.29) is 11.1 Å². The quantitative estimate of drug-likeness (QED) is 0.226. The molecular weight excluding hydrogens is 513 g/mol. The van der Waals surface area contributed by atoms with E-state index in [9.17, 15) is 0 Å². The van der Waals surface area contributed by atoms with Crippen LogP contribution in [0.3, 0.4) is 0 Å². The summed E-state index contributed by atoms with van der Waals surface area (Å²) >= 11 is 6.37. The molecule has 0 spiro atoms. The Morgan fingerprint density at radius 2 is 1.17 bits per heavy atom. The van der Waals surface area contributed by atoms with Gasteiger partial charge in [-0.2, -0.15) is 21.0 Å². The lowest BCUT2D eigenvalue weighted by Gasteiger charge is -2.02. The van der Waals surface area contributed by atoms with Gasteiger partial charge in [0.15, 0.2) is 0 Å². The number of nitriles is 4. The van der Waals surface area contributed by atoms with Crippen molar-refractivity contribution >= 4 is 57.5 Å². The normalized spacial score (nSPS) is 9.86. The Kier molecular flexibility index (Phi) is 7.58. The summed E-state index contributed by atoms with van der Waals surface area (Å²) in [7, 11) is 0. The Labute approximate surface area is 218 Å². The monoisotopic (exact) mass is 526 g/mol. The van der Waals surface area contributed by atoms with Crippen molar-refractivity contribution in [3.63, 3.8) is 0 Å². The third-order valence-electron chi connectivity index (χ3n) is 4.62. The molecule has 0 fully saturated rings. The molecular formula is C26H14N4OS4. The third-order valence-corrected chi connectivity index (χ3v) is 9.46. The van der Waals surface area contributed by atoms with E-state index in [1.807, 2.05) is 61.5 Å². The molecule has 4 aromatic rings. The van der Waals surface area contributed by atoms with E-state index in [0.29, 0.717) is 6.61 Å². The van der Waals surface area contributed by atoms with Crippen LogP contribution in [0, 0.1) is 45.3 Å². The molecule has 4 aromatic heterocycles. The van der Waals surface area contributed by atoms with Gasteiger partial charge in [0.1, 0.15) is 41.2 Å². The molecule has 0 aliphatic rings. The molecule has 168 valence electrons. The van der Waals surface area contributed by atoms with Crippen molar-refractivity contribution < 1.29 is 4.74 Å². The van der Waals surface area contributed by atoms with Gasteiger partial charge in [0.2, 0.25) is 0 Å². The molecule has 0 saturated carbocycles. The van der Waals surface area contributed by atoms with Crippen LogP contribution in [0.4, 0.5) is 0 Å². The maximum Gasteiger partial charge on any atom is 0.139 e. The molecule has 0 bridgehead atoms. The first-order chi connectivity index (χ1) is 17.1. The zero-order valence-electron chi connectivity index (χ0n) is 18.2. The van der Waals surface area contributed by atoms with E-state index in [4.69, 9.17) is 25.8 Å². The van der Waals surface area contributed by atoms with Crippen molar-refractivity contribution in [1.82, 2.24) is 0 Å². The zero-order chi connectivity index (χ0) is 24.8. The summed E-state index contributed by atoms with van der Waals surface area (Å²) in [6.07, 6.45) is 3.19. The number of nitrogens with zero attached hydrogens (tertiary/aromatic N) is 4. The van der Waals surface area contributed by atoms with E-state index in [1.165, 1.54) is 22.7 Å². The molecule has 0 aromatic carbocycles. The Bertz CT molecular complexity index is 1580. The highest BCUT2D eigenvalue weighted by molar-refractivity contribution is 7.29. The van der Waals surface area contributed by atoms with Gasteiger partial charge in [0.25, 0.3) is 0 Å². The van der Waals surface area contributed by atoms with Crippen LogP contribution in [0.25, 0.3) is 41.4 Å². The zero-order valence-corrected chi connectivity index (χ0v) is 21.5. The topological polar surface area (TPSA) is 104 Å². The van der Waals surface area contributed by atoms with E-state index in [1.54, 1.807) is 34.8 Å². The van der Waals surface area contributed by atoms with E-state index >= 15 is 0 Å². The number of hydrogen-bond donors (Lipinski definition) is 0. The summed E-state index contributed by atoms with van der Waals surface area (Å²) in [5, 5.41) is 36.0. The molecule has 0 aliphatic heterocycles. The highest BCUT2D eigenvalue weighted by atomic mass is 32.1. The first kappa shape index (κ1) is 24.2. The van der Waals surface area contributed by atoms with Crippen LogP contribution >= 0.6 is 45.3 Å². The highest BCUT2D eigenvalue weighted by Gasteiger charge is 2.17. The van der Waals surface area contributed by atoms with Gasteiger partial charge in [-0.1, -0.05) is 0 Å². The van der Waals surface area contributed by atoms with E-state index in [0.717, 1.165) is 44.8 Å². The van der Waals surface area contributed by atoms with Crippen molar-refractivity contribution in [3.05, 3.63) is 63.4 Å². The van der Waals surface area contributed by atoms with E-state index in [2.05, 4.69) is 12.1 Å². The van der Waals surface area contributed by atoms with Crippen molar-refractivity contribution in [1.29, 1.82) is 21.0 Å². The molecule has 0 saturated heterocycles. The highest BCUT2D eigenvalue weighted by Crippen LogP contribution is 2.48. The van der Waals surface area contributed by atoms with Crippen LogP contribution in [0.15, 0.2) is 53.6 Å². The Hall–Kier alpha value is -3.96. The van der Waals surface area contributed by atoms with Crippen LogP contribution in [-0.4, -0.2) is 6.61 Å². The third kappa shape index (κ3) is 5.42. The number of allylic oxidation sites excluding steroid dienone is 2. The fourth-order valence-corrected chi connectivity index (χ4v) is 7.41. The van der Waals surface area contributed by atoms with Crippen molar-refractivity contribution in [2.75, 3.05) is 6.61 Å². The predicted molar refractivity (Wildman–Crippen MR) is 144 cm³/mol. The minimum Gasteiger partial charge on any atom is -0.492 e. The second kappa shape index (κ2) is 11.0. The first-order valence-corrected chi connectivity index (χ1v) is 13.5. The Morgan fingerprint density at radius 1 is 0.686 bits per heavy atom. The van der Waals surface area contributed by atoms with Gasteiger partial charge >= 0.3 is 0 Å². The molecule has 9 heteroatoms. The van der Waals surface area contributed by atoms with Crippen LogP contribution in [0.2, 0.25) is 0 Å². The largest absolute Gasteiger partial charge is 0.492 e. The Balaban J connectivity index is 1.65. The van der Waals surface area contributed by atoms with Crippen LogP contribution in [-0.2, 0) is 0 Å². The van der Waals surface area contributed by atoms with Crippen molar-refractivity contribution in [3.8, 4) is 59.3 Å². The molecule has 4 heterocycles. The van der Waals surface area contributed by atoms with Crippen molar-refractivity contribution in [2.24, 2.45) is 0 Å². The van der Waals surface area contributed by atoms with Crippen molar-refractivity contribution in [2.45, 2.75) is 6.92 Å². The second-order valence-electron chi connectivity index (χ2n) is 6.87. The molecule has 0 atom stereocenters. The number of ether oxygens (including phenoxy) is 1. The van der Waals surface area contributed by atoms with Crippen LogP contribution in [0.1, 0.15) is 16.7 Å². The standard InChI is InChI=1S/C26H14N4OS4/c1-2-31-20-11-25(23-6-4-19(33-23)10-17(14-29)15-30)35-26(20)24-8-7-22(34-24)21-5-3-18(32-21)9-16(12-27)13-28/h3-11H,2H2,1H3. The Morgan fingerprint density at radius 3 is 1.71 bits per heavy atom. The molecule has 4 rings (SSSR count). The molecule has 35 heavy (non-hydrogen) atoms. The van der Waals surface area contributed by atoms with Gasteiger partial charge in [-0.3, -0.25) is 0 Å². The summed E-state index contributed by atoms with van der Waals surface area (Å²) in [4.78, 5) is 8.12. The number of hydrogen-bond acceptors (Lipinski definition) is 9. The fraction of sp³-hybridized carbons (Fsp3) is 0.0769. The lowest BCUT2D eigenvalue weighted by molar-refractivity contribution is 0.343. The summed E-state index contributed by atoms with van der Waals surface area (Å²) in [6.45, 7) is 2.51. The van der Waals surface area contributed by atoms with Gasteiger partial charge in [-0.05, 0) is 55.5 Å². The van der Waals surface area contributed by atoms with E-state index < -0.39 is 0 Å². The summed E-state index contributed by atoms with van der Waals surface area (Å²) in [6, 6.07) is 21.6. The summed E-state index contributed by atoms with van der Waals surface area (Å²) in [5.74, 6) is 0.823. The summed E-state index contributed by atoms with van der Waals surface area (Å²) < 4.78 is 5.94. The maximum absolute atomic E-state index is 9.01. The molecule has 0 radical (unpaired) electrons. The number of thiophene rings is 4. The fourth-order valence-electron chi connectivity index (χ4n) is 3.11. The van der Waals surface area contributed by atoms with Gasteiger partial charge in [0.05, 0.1) is 11.5 Å². The van der Waals surface area contributed by atoms with Crippen LogP contribution in [0.5, 0.6) is 5.75 Å². The number of rotatable bonds is 7. The minimum absolute atomic E-state index is 0.0788. The predicted octanol–water partition coefficient (Wildman–Crippen LogP) is 8.19. The minimum atomic E-state index is 0.0788. The first-order valence-electron chi connectivity index (χ1n) is 10.2. The molecule has 0 unspecified atom stereocenters. The maximum atomic E-state index is 9.01. The lowest BCUT2D eigenvalue weighted by Crippen LogP contribution is -1.90. The SMILES string of the molecule is CCOc1cc(-c2ccc(C=C(C#N)C#N)s2)sc1-c1ccc(-c2ccc(C=C(C#N)C#N)s2)s1. The van der Waals surface area contributed by atoms with Gasteiger partial charge in [-0.15, -0.1) is 45.3 Å². The molecule has 5 nitrogen and oxygen atoms in total. The average Bonchev–Trinajstić information content (AvgIpc) is 3.67. The molecule has 0 N–H and O–H groups in total. The smallest absolute Gasteiger partial charge is 0.139 e. The van der Waals surface area contributed by atoms with Gasteiger partial charge in [0, 0.05) is 40.2 Å². The van der Waals surface area contributed by atoms with Crippen LogP contribution < -0.4 is 4.74 Å². The van der Waals surface area contributed by atoms with Gasteiger partial charge in [-0.25, -0.2) is 0 Å². The summed E-state index contributed by atoms with van der Waals surface area (Å²) in [5.41, 5.74) is 0.163. The second-order valence-corrected chi connectivity index (χ2v) is 11.2. The molecule has 0 amide bonds. The molecule has 0 aliphatic carbocycles. The van der Waals surface area contributed by atoms with Gasteiger partial charge < -0.3 is 4.74 Å².